The zero-order chi connectivity index (χ0) is 41.5. The Morgan fingerprint density at radius 2 is 0.964 bits per heavy atom. The highest BCUT2D eigenvalue weighted by Gasteiger charge is 2.22. The molecule has 0 atom stereocenters. The number of unbranched alkanes of at least 4 members (excludes halogenated alkanes) is 9. The number of aliphatic imine (C=N–C) groups is 1. The summed E-state index contributed by atoms with van der Waals surface area (Å²) in [6.45, 7) is 10.6. The maximum absolute atomic E-state index is 13.0. The standard InChI is InChI=1S/C37H66N8O9Si2/c1-4-32(47)53-27-28-54-37(52)43-22-14-6-5-12-20-39-33(48)45(36(51)42-24-18-30-56-3)26-16-10-8-13-21-40-34(49)44(35(50)41-23-17-29-55-2)25-15-9-7-11-19-38-31-46/h4H,1,5-30H2,2-3H3,(H,39,48)(H,40,49)(H,41,50)(H,42,51)(H,43,52). The molecule has 0 aromatic heterocycles. The molecular formula is C37H66N8O9Si2. The molecular weight excluding hydrogens is 757 g/mol. The van der Waals surface area contributed by atoms with E-state index in [1.54, 1.807) is 0 Å². The average Bonchev–Trinajstić information content (AvgIpc) is 3.19. The molecule has 17 nitrogen and oxygen atoms in total. The van der Waals surface area contributed by atoms with Gasteiger partial charge in [0.2, 0.25) is 6.08 Å². The second-order valence-electron chi connectivity index (χ2n) is 12.8. The Hall–Kier alpha value is -4.23. The van der Waals surface area contributed by atoms with Gasteiger partial charge in [0.15, 0.2) is 0 Å². The number of amides is 9. The second kappa shape index (κ2) is 37.7. The number of nitrogens with zero attached hydrogens (tertiary/aromatic N) is 3. The van der Waals surface area contributed by atoms with Gasteiger partial charge in [0, 0.05) is 70.9 Å². The Balaban J connectivity index is 4.62. The van der Waals surface area contributed by atoms with Gasteiger partial charge in [-0.05, 0) is 51.4 Å². The smallest absolute Gasteiger partial charge is 0.407 e. The summed E-state index contributed by atoms with van der Waals surface area (Å²) in [5.74, 6) is -0.582. The lowest BCUT2D eigenvalue weighted by Crippen LogP contribution is -2.49. The molecule has 0 heterocycles. The van der Waals surface area contributed by atoms with Crippen molar-refractivity contribution in [3.05, 3.63) is 12.7 Å². The Morgan fingerprint density at radius 1 is 0.571 bits per heavy atom. The van der Waals surface area contributed by atoms with Gasteiger partial charge >= 0.3 is 36.2 Å². The van der Waals surface area contributed by atoms with E-state index in [0.717, 1.165) is 101 Å². The van der Waals surface area contributed by atoms with Crippen LogP contribution >= 0.6 is 0 Å². The Kier molecular flexibility index (Phi) is 34.8. The number of imide groups is 2. The van der Waals surface area contributed by atoms with E-state index in [4.69, 9.17) is 9.47 Å². The van der Waals surface area contributed by atoms with Crippen LogP contribution in [0.3, 0.4) is 0 Å². The fourth-order valence-electron chi connectivity index (χ4n) is 5.07. The van der Waals surface area contributed by atoms with Crippen LogP contribution < -0.4 is 26.6 Å². The van der Waals surface area contributed by atoms with Crippen LogP contribution in [-0.4, -0.2) is 137 Å². The molecule has 0 aliphatic heterocycles. The lowest BCUT2D eigenvalue weighted by molar-refractivity contribution is -0.138. The SMILES string of the molecule is C=CC(=O)OCCOC(=O)NCCCCCCNC(=O)N(CCCCCCNC(=O)N(CCCCCCN=C=O)C(=O)NCCC[Si]C)C(=O)NCCC[Si]C. The number of rotatable bonds is 33. The van der Waals surface area contributed by atoms with Crippen molar-refractivity contribution < 1.29 is 43.0 Å². The third kappa shape index (κ3) is 30.0. The van der Waals surface area contributed by atoms with Gasteiger partial charge in [-0.25, -0.2) is 48.4 Å². The molecule has 56 heavy (non-hydrogen) atoms. The molecule has 0 fully saturated rings. The van der Waals surface area contributed by atoms with E-state index in [0.29, 0.717) is 71.5 Å². The van der Waals surface area contributed by atoms with Gasteiger partial charge in [0.05, 0.1) is 6.54 Å². The van der Waals surface area contributed by atoms with Crippen LogP contribution in [0.5, 0.6) is 0 Å². The van der Waals surface area contributed by atoms with Gasteiger partial charge in [-0.15, -0.1) is 0 Å². The van der Waals surface area contributed by atoms with Crippen molar-refractivity contribution in [3.8, 4) is 0 Å². The van der Waals surface area contributed by atoms with Gasteiger partial charge in [0.25, 0.3) is 0 Å². The third-order valence-electron chi connectivity index (χ3n) is 8.17. The van der Waals surface area contributed by atoms with Crippen molar-refractivity contribution in [2.45, 2.75) is 115 Å². The van der Waals surface area contributed by atoms with Crippen molar-refractivity contribution in [3.63, 3.8) is 0 Å². The first-order valence-electron chi connectivity index (χ1n) is 19.9. The van der Waals surface area contributed by atoms with Crippen LogP contribution in [0.25, 0.3) is 0 Å². The van der Waals surface area contributed by atoms with Gasteiger partial charge in [0.1, 0.15) is 13.2 Å². The summed E-state index contributed by atoms with van der Waals surface area (Å²) < 4.78 is 9.65. The van der Waals surface area contributed by atoms with E-state index >= 15 is 0 Å². The minimum atomic E-state index is -0.590. The molecule has 0 aliphatic rings. The van der Waals surface area contributed by atoms with E-state index in [1.807, 2.05) is 0 Å². The zero-order valence-electron chi connectivity index (χ0n) is 33.7. The highest BCUT2D eigenvalue weighted by atomic mass is 28.2. The minimum Gasteiger partial charge on any atom is -0.459 e. The maximum atomic E-state index is 13.0. The number of esters is 1. The molecule has 0 aromatic carbocycles. The lowest BCUT2D eigenvalue weighted by atomic mass is 10.2. The highest BCUT2D eigenvalue weighted by Crippen LogP contribution is 2.06. The van der Waals surface area contributed by atoms with E-state index in [2.05, 4.69) is 51.2 Å². The predicted octanol–water partition coefficient (Wildman–Crippen LogP) is 5.02. The van der Waals surface area contributed by atoms with Crippen LogP contribution in [0.4, 0.5) is 24.0 Å². The van der Waals surface area contributed by atoms with Crippen molar-refractivity contribution in [1.29, 1.82) is 0 Å². The van der Waals surface area contributed by atoms with E-state index in [1.165, 1.54) is 15.9 Å². The predicted molar refractivity (Wildman–Crippen MR) is 218 cm³/mol. The first kappa shape index (κ1) is 51.8. The van der Waals surface area contributed by atoms with E-state index < -0.39 is 36.2 Å². The van der Waals surface area contributed by atoms with Crippen molar-refractivity contribution in [2.24, 2.45) is 4.99 Å². The largest absolute Gasteiger partial charge is 0.459 e. The topological polar surface area (TPSA) is 217 Å². The van der Waals surface area contributed by atoms with Crippen molar-refractivity contribution in [2.75, 3.05) is 65.6 Å². The highest BCUT2D eigenvalue weighted by molar-refractivity contribution is 6.33. The molecule has 9 amide bonds. The number of carbonyl (C=O) groups excluding carboxylic acids is 7. The average molecular weight is 823 g/mol. The van der Waals surface area contributed by atoms with Gasteiger partial charge in [-0.3, -0.25) is 0 Å². The van der Waals surface area contributed by atoms with Gasteiger partial charge < -0.3 is 36.1 Å². The van der Waals surface area contributed by atoms with E-state index in [9.17, 15) is 33.6 Å². The number of ether oxygens (including phenoxy) is 2. The third-order valence-corrected chi connectivity index (χ3v) is 9.87. The summed E-state index contributed by atoms with van der Waals surface area (Å²) in [4.78, 5) is 90.6. The minimum absolute atomic E-state index is 0.0448. The van der Waals surface area contributed by atoms with Crippen LogP contribution in [-0.2, 0) is 19.1 Å². The fourth-order valence-corrected chi connectivity index (χ4v) is 6.13. The molecule has 316 valence electrons. The number of isocyanates is 1. The molecule has 0 rings (SSSR count). The number of urea groups is 4. The van der Waals surface area contributed by atoms with Crippen LogP contribution in [0.1, 0.15) is 89.9 Å². The Bertz CT molecular complexity index is 1180. The molecule has 4 radical (unpaired) electrons. The molecule has 0 aromatic rings. The van der Waals surface area contributed by atoms with E-state index in [-0.39, 0.29) is 19.8 Å². The first-order chi connectivity index (χ1) is 27.2. The van der Waals surface area contributed by atoms with Crippen molar-refractivity contribution >= 4 is 61.3 Å². The zero-order valence-corrected chi connectivity index (χ0v) is 35.7. The quantitative estimate of drug-likeness (QED) is 0.0150. The normalized spacial score (nSPS) is 10.3. The summed E-state index contributed by atoms with van der Waals surface area (Å²) >= 11 is 0. The summed E-state index contributed by atoms with van der Waals surface area (Å²) in [6, 6.07) is 0.315. The van der Waals surface area contributed by atoms with Gasteiger partial charge in [-0.1, -0.05) is 70.3 Å². The summed E-state index contributed by atoms with van der Waals surface area (Å²) in [6.07, 6.45) is 12.6. The van der Waals surface area contributed by atoms with Crippen LogP contribution in [0.2, 0.25) is 25.2 Å². The number of hydrogen-bond donors (Lipinski definition) is 5. The van der Waals surface area contributed by atoms with Crippen molar-refractivity contribution in [1.82, 2.24) is 36.4 Å². The van der Waals surface area contributed by atoms with Gasteiger partial charge in [-0.2, -0.15) is 0 Å². The molecule has 0 aliphatic carbocycles. The second-order valence-corrected chi connectivity index (χ2v) is 15.2. The molecule has 5 N–H and O–H groups in total. The maximum Gasteiger partial charge on any atom is 0.407 e. The Morgan fingerprint density at radius 3 is 1.39 bits per heavy atom. The summed E-state index contributed by atoms with van der Waals surface area (Å²) in [7, 11) is 1.60. The Labute approximate surface area is 338 Å². The summed E-state index contributed by atoms with van der Waals surface area (Å²) in [5, 5.41) is 14.0. The molecule has 0 saturated heterocycles. The fraction of sp³-hybridized carbons (Fsp3) is 0.757. The number of alkyl carbamates (subject to hydrolysis) is 1. The summed E-state index contributed by atoms with van der Waals surface area (Å²) in [5.41, 5.74) is 0. The molecule has 0 spiro atoms. The van der Waals surface area contributed by atoms with Crippen LogP contribution in [0, 0.1) is 0 Å². The number of nitrogens with one attached hydrogen (secondary N) is 5. The first-order valence-corrected chi connectivity index (χ1v) is 23.3. The molecule has 0 bridgehead atoms. The van der Waals surface area contributed by atoms with Crippen LogP contribution in [0.15, 0.2) is 17.6 Å². The monoisotopic (exact) mass is 822 g/mol. The molecule has 0 unspecified atom stereocenters. The lowest BCUT2D eigenvalue weighted by Gasteiger charge is -2.22. The molecule has 0 saturated carbocycles. The number of hydrogen-bond acceptors (Lipinski definition) is 10. The number of carbonyl (C=O) groups is 6. The molecule has 19 heteroatoms.